The minimum atomic E-state index is 0.0892. The standard InChI is InChI=1S/C17H19NO2/c1-10-11(2)17-14(9-16(10)20-4)13-7-5-6-8-15(13)18(17)12(3)19/h5-9,13,15H,1-4H3/t13-,15-/m1/s1. The molecule has 1 aromatic rings. The van der Waals surface area contributed by atoms with Crippen LogP contribution in [0.3, 0.4) is 0 Å². The smallest absolute Gasteiger partial charge is 0.224 e. The number of carbonyl (C=O) groups excluding carboxylic acids is 1. The third kappa shape index (κ3) is 1.62. The highest BCUT2D eigenvalue weighted by Gasteiger charge is 2.40. The van der Waals surface area contributed by atoms with Crippen molar-refractivity contribution in [2.75, 3.05) is 12.0 Å². The van der Waals surface area contributed by atoms with Gasteiger partial charge in [0.15, 0.2) is 0 Å². The molecular formula is C17H19NO2. The Morgan fingerprint density at radius 1 is 1.20 bits per heavy atom. The van der Waals surface area contributed by atoms with E-state index in [9.17, 15) is 4.79 Å². The lowest BCUT2D eigenvalue weighted by atomic mass is 9.90. The average molecular weight is 269 g/mol. The van der Waals surface area contributed by atoms with Crippen molar-refractivity contribution in [3.63, 3.8) is 0 Å². The fourth-order valence-corrected chi connectivity index (χ4v) is 3.33. The van der Waals surface area contributed by atoms with Crippen molar-refractivity contribution in [3.05, 3.63) is 47.1 Å². The minimum absolute atomic E-state index is 0.0892. The molecule has 1 heterocycles. The quantitative estimate of drug-likeness (QED) is 0.783. The monoisotopic (exact) mass is 269 g/mol. The third-order valence-electron chi connectivity index (χ3n) is 4.41. The number of anilines is 1. The number of allylic oxidation sites excluding steroid dienone is 2. The molecule has 2 aliphatic rings. The van der Waals surface area contributed by atoms with Gasteiger partial charge in [-0.05, 0) is 36.6 Å². The summed E-state index contributed by atoms with van der Waals surface area (Å²) < 4.78 is 5.48. The highest BCUT2D eigenvalue weighted by molar-refractivity contribution is 5.97. The number of fused-ring (bicyclic) bond motifs is 3. The normalized spacial score (nSPS) is 22.7. The second kappa shape index (κ2) is 4.51. The first kappa shape index (κ1) is 13.0. The van der Waals surface area contributed by atoms with Crippen LogP contribution in [0.2, 0.25) is 0 Å². The molecule has 104 valence electrons. The van der Waals surface area contributed by atoms with Gasteiger partial charge in [0.2, 0.25) is 5.91 Å². The van der Waals surface area contributed by atoms with E-state index in [1.807, 2.05) is 17.9 Å². The molecule has 2 atom stereocenters. The average Bonchev–Trinajstić information content (AvgIpc) is 2.77. The molecule has 0 radical (unpaired) electrons. The molecule has 0 unspecified atom stereocenters. The Balaban J connectivity index is 2.27. The van der Waals surface area contributed by atoms with Gasteiger partial charge in [0.1, 0.15) is 5.75 Å². The van der Waals surface area contributed by atoms with Crippen LogP contribution in [0.5, 0.6) is 5.75 Å². The Labute approximate surface area is 119 Å². The largest absolute Gasteiger partial charge is 0.496 e. The van der Waals surface area contributed by atoms with Gasteiger partial charge in [0.05, 0.1) is 18.8 Å². The molecule has 1 aliphatic carbocycles. The summed E-state index contributed by atoms with van der Waals surface area (Å²) in [5.74, 6) is 1.21. The zero-order valence-corrected chi connectivity index (χ0v) is 12.3. The Hall–Kier alpha value is -2.03. The van der Waals surface area contributed by atoms with Gasteiger partial charge in [-0.1, -0.05) is 24.3 Å². The molecule has 0 saturated carbocycles. The summed E-state index contributed by atoms with van der Waals surface area (Å²) in [7, 11) is 1.69. The van der Waals surface area contributed by atoms with Gasteiger partial charge < -0.3 is 9.64 Å². The summed E-state index contributed by atoms with van der Waals surface area (Å²) in [5.41, 5.74) is 4.47. The highest BCUT2D eigenvalue weighted by Crippen LogP contribution is 2.48. The van der Waals surface area contributed by atoms with Crippen molar-refractivity contribution in [1.29, 1.82) is 0 Å². The van der Waals surface area contributed by atoms with Crippen LogP contribution < -0.4 is 9.64 Å². The molecule has 0 fully saturated rings. The molecule has 0 N–H and O–H groups in total. The second-order valence-electron chi connectivity index (χ2n) is 5.44. The van der Waals surface area contributed by atoms with Crippen molar-refractivity contribution in [3.8, 4) is 5.75 Å². The van der Waals surface area contributed by atoms with E-state index >= 15 is 0 Å². The molecule has 1 aromatic carbocycles. The van der Waals surface area contributed by atoms with Gasteiger partial charge >= 0.3 is 0 Å². The Kier molecular flexibility index (Phi) is 2.93. The van der Waals surface area contributed by atoms with Crippen LogP contribution in [0.4, 0.5) is 5.69 Å². The molecule has 0 bridgehead atoms. The number of hydrogen-bond donors (Lipinski definition) is 0. The van der Waals surface area contributed by atoms with Gasteiger partial charge in [0, 0.05) is 12.8 Å². The highest BCUT2D eigenvalue weighted by atomic mass is 16.5. The lowest BCUT2D eigenvalue weighted by Crippen LogP contribution is -2.36. The Bertz CT molecular complexity index is 643. The summed E-state index contributed by atoms with van der Waals surface area (Å²) >= 11 is 0. The first-order valence-electron chi connectivity index (χ1n) is 6.89. The summed E-state index contributed by atoms with van der Waals surface area (Å²) in [5, 5.41) is 0. The number of rotatable bonds is 1. The van der Waals surface area contributed by atoms with E-state index in [0.29, 0.717) is 0 Å². The van der Waals surface area contributed by atoms with E-state index in [0.717, 1.165) is 22.6 Å². The number of amides is 1. The van der Waals surface area contributed by atoms with Gasteiger partial charge in [-0.3, -0.25) is 4.79 Å². The first-order chi connectivity index (χ1) is 9.56. The van der Waals surface area contributed by atoms with E-state index in [1.54, 1.807) is 14.0 Å². The molecule has 1 aliphatic heterocycles. The Morgan fingerprint density at radius 3 is 2.55 bits per heavy atom. The maximum atomic E-state index is 12.1. The molecule has 0 spiro atoms. The van der Waals surface area contributed by atoms with Crippen molar-refractivity contribution < 1.29 is 9.53 Å². The van der Waals surface area contributed by atoms with Crippen LogP contribution in [-0.4, -0.2) is 19.1 Å². The van der Waals surface area contributed by atoms with E-state index in [-0.39, 0.29) is 17.9 Å². The van der Waals surface area contributed by atoms with Gasteiger partial charge in [-0.25, -0.2) is 0 Å². The molecule has 20 heavy (non-hydrogen) atoms. The van der Waals surface area contributed by atoms with Crippen molar-refractivity contribution in [2.45, 2.75) is 32.7 Å². The summed E-state index contributed by atoms with van der Waals surface area (Å²) in [4.78, 5) is 14.0. The van der Waals surface area contributed by atoms with Crippen LogP contribution in [0.25, 0.3) is 0 Å². The number of nitrogens with zero attached hydrogens (tertiary/aromatic N) is 1. The molecule has 0 saturated heterocycles. The zero-order valence-electron chi connectivity index (χ0n) is 12.3. The lowest BCUT2D eigenvalue weighted by molar-refractivity contribution is -0.116. The van der Waals surface area contributed by atoms with Gasteiger partial charge in [-0.15, -0.1) is 0 Å². The minimum Gasteiger partial charge on any atom is -0.496 e. The van der Waals surface area contributed by atoms with Gasteiger partial charge in [-0.2, -0.15) is 0 Å². The van der Waals surface area contributed by atoms with E-state index in [2.05, 4.69) is 31.2 Å². The van der Waals surface area contributed by atoms with Crippen molar-refractivity contribution in [2.24, 2.45) is 0 Å². The van der Waals surface area contributed by atoms with Crippen LogP contribution >= 0.6 is 0 Å². The van der Waals surface area contributed by atoms with E-state index < -0.39 is 0 Å². The maximum Gasteiger partial charge on any atom is 0.224 e. The maximum absolute atomic E-state index is 12.1. The predicted molar refractivity (Wildman–Crippen MR) is 80.4 cm³/mol. The summed E-state index contributed by atoms with van der Waals surface area (Å²) in [6.45, 7) is 5.75. The van der Waals surface area contributed by atoms with Crippen LogP contribution in [0.15, 0.2) is 30.4 Å². The van der Waals surface area contributed by atoms with Crippen LogP contribution in [0, 0.1) is 13.8 Å². The Morgan fingerprint density at radius 2 is 1.90 bits per heavy atom. The molecule has 3 heteroatoms. The number of benzene rings is 1. The molecule has 3 nitrogen and oxygen atoms in total. The van der Waals surface area contributed by atoms with Crippen molar-refractivity contribution >= 4 is 11.6 Å². The zero-order chi connectivity index (χ0) is 14.4. The summed E-state index contributed by atoms with van der Waals surface area (Å²) in [6.07, 6.45) is 8.34. The second-order valence-corrected chi connectivity index (χ2v) is 5.44. The summed E-state index contributed by atoms with van der Waals surface area (Å²) in [6, 6.07) is 2.18. The topological polar surface area (TPSA) is 29.5 Å². The SMILES string of the molecule is COc1cc2c(c(C)c1C)N(C(C)=O)[C@@H]1C=CC=C[C@H]21. The fourth-order valence-electron chi connectivity index (χ4n) is 3.33. The van der Waals surface area contributed by atoms with Gasteiger partial charge in [0.25, 0.3) is 0 Å². The van der Waals surface area contributed by atoms with E-state index in [1.165, 1.54) is 5.56 Å². The molecule has 1 amide bonds. The van der Waals surface area contributed by atoms with E-state index in [4.69, 9.17) is 4.74 Å². The van der Waals surface area contributed by atoms with Crippen LogP contribution in [-0.2, 0) is 4.79 Å². The number of methoxy groups -OCH3 is 1. The van der Waals surface area contributed by atoms with Crippen LogP contribution in [0.1, 0.15) is 29.5 Å². The molecular weight excluding hydrogens is 250 g/mol. The molecule has 0 aromatic heterocycles. The van der Waals surface area contributed by atoms with Crippen molar-refractivity contribution in [1.82, 2.24) is 0 Å². The number of carbonyl (C=O) groups is 1. The third-order valence-corrected chi connectivity index (χ3v) is 4.41. The lowest BCUT2D eigenvalue weighted by Gasteiger charge is -2.26. The number of hydrogen-bond acceptors (Lipinski definition) is 2. The fraction of sp³-hybridized carbons (Fsp3) is 0.353. The first-order valence-corrected chi connectivity index (χ1v) is 6.89. The number of ether oxygens (including phenoxy) is 1. The predicted octanol–water partition coefficient (Wildman–Crippen LogP) is 3.26. The molecule has 3 rings (SSSR count).